The minimum atomic E-state index is -0.394. The number of H-pyrrole nitrogens is 1. The van der Waals surface area contributed by atoms with E-state index in [4.69, 9.17) is 17.3 Å². The molecule has 0 radical (unpaired) electrons. The fraction of sp³-hybridized carbons (Fsp3) is 0.182. The first-order valence-corrected chi connectivity index (χ1v) is 5.24. The molecule has 0 aliphatic carbocycles. The summed E-state index contributed by atoms with van der Waals surface area (Å²) in [5, 5.41) is 0.128. The van der Waals surface area contributed by atoms with Crippen molar-refractivity contribution in [3.63, 3.8) is 0 Å². The minimum Gasteiger partial charge on any atom is -0.345 e. The van der Waals surface area contributed by atoms with E-state index in [2.05, 4.69) is 9.97 Å². The Bertz CT molecular complexity index is 496. The summed E-state index contributed by atoms with van der Waals surface area (Å²) in [4.78, 5) is 7.12. The molecule has 0 spiro atoms. The average molecular weight is 240 g/mol. The minimum absolute atomic E-state index is 0.128. The van der Waals surface area contributed by atoms with Gasteiger partial charge in [0.15, 0.2) is 0 Å². The molecule has 0 aliphatic rings. The second kappa shape index (κ2) is 4.63. The zero-order valence-electron chi connectivity index (χ0n) is 8.50. The molecular weight excluding hydrogens is 229 g/mol. The molecule has 0 aliphatic heterocycles. The molecule has 3 nitrogen and oxygen atoms in total. The molecule has 1 heterocycles. The molecule has 84 valence electrons. The molecule has 0 saturated heterocycles. The van der Waals surface area contributed by atoms with Gasteiger partial charge in [-0.05, 0) is 11.6 Å². The van der Waals surface area contributed by atoms with E-state index in [-0.39, 0.29) is 5.02 Å². The van der Waals surface area contributed by atoms with Crippen LogP contribution in [0.1, 0.15) is 17.1 Å². The van der Waals surface area contributed by atoms with Gasteiger partial charge < -0.3 is 10.7 Å². The Morgan fingerprint density at radius 2 is 2.25 bits per heavy atom. The summed E-state index contributed by atoms with van der Waals surface area (Å²) < 4.78 is 13.6. The van der Waals surface area contributed by atoms with Crippen molar-refractivity contribution in [1.29, 1.82) is 0 Å². The predicted molar refractivity (Wildman–Crippen MR) is 60.7 cm³/mol. The number of nitrogens with two attached hydrogens (primary N) is 1. The first-order valence-electron chi connectivity index (χ1n) is 4.86. The Kier molecular flexibility index (Phi) is 3.22. The van der Waals surface area contributed by atoms with Crippen molar-refractivity contribution in [1.82, 2.24) is 9.97 Å². The number of aromatic nitrogens is 2. The molecule has 0 amide bonds. The maximum Gasteiger partial charge on any atom is 0.145 e. The second-order valence-electron chi connectivity index (χ2n) is 3.45. The fourth-order valence-electron chi connectivity index (χ4n) is 1.46. The Hall–Kier alpha value is -1.39. The molecule has 3 N–H and O–H groups in total. The molecule has 0 atom stereocenters. The lowest BCUT2D eigenvalue weighted by Crippen LogP contribution is -1.98. The standard InChI is InChI=1S/C11H11ClFN3/c12-9-3-1-2-7(11(9)13)4-10-15-6-8(5-14)16-10/h1-3,6H,4-5,14H2,(H,15,16). The molecule has 1 aromatic carbocycles. The van der Waals surface area contributed by atoms with Crippen LogP contribution >= 0.6 is 11.6 Å². The number of halogens is 2. The lowest BCUT2D eigenvalue weighted by atomic mass is 10.1. The molecule has 16 heavy (non-hydrogen) atoms. The largest absolute Gasteiger partial charge is 0.345 e. The van der Waals surface area contributed by atoms with E-state index in [0.717, 1.165) is 5.69 Å². The summed E-state index contributed by atoms with van der Waals surface area (Å²) in [6.07, 6.45) is 2.03. The van der Waals surface area contributed by atoms with Gasteiger partial charge in [0.25, 0.3) is 0 Å². The second-order valence-corrected chi connectivity index (χ2v) is 3.86. The number of imidazole rings is 1. The van der Waals surface area contributed by atoms with Gasteiger partial charge >= 0.3 is 0 Å². The fourth-order valence-corrected chi connectivity index (χ4v) is 1.66. The number of benzene rings is 1. The molecule has 1 aromatic heterocycles. The Morgan fingerprint density at radius 3 is 2.94 bits per heavy atom. The van der Waals surface area contributed by atoms with E-state index >= 15 is 0 Å². The number of hydrogen-bond acceptors (Lipinski definition) is 2. The van der Waals surface area contributed by atoms with E-state index in [1.807, 2.05) is 0 Å². The zero-order valence-corrected chi connectivity index (χ0v) is 9.26. The van der Waals surface area contributed by atoms with Crippen LogP contribution in [-0.2, 0) is 13.0 Å². The van der Waals surface area contributed by atoms with Gasteiger partial charge in [-0.1, -0.05) is 23.7 Å². The van der Waals surface area contributed by atoms with Crippen LogP contribution in [0, 0.1) is 5.82 Å². The van der Waals surface area contributed by atoms with Crippen molar-refractivity contribution in [2.24, 2.45) is 5.73 Å². The van der Waals surface area contributed by atoms with Crippen molar-refractivity contribution >= 4 is 11.6 Å². The SMILES string of the molecule is NCc1cnc(Cc2cccc(Cl)c2F)[nH]1. The zero-order chi connectivity index (χ0) is 11.5. The van der Waals surface area contributed by atoms with Crippen molar-refractivity contribution in [3.8, 4) is 0 Å². The monoisotopic (exact) mass is 239 g/mol. The first kappa shape index (κ1) is 11.1. The summed E-state index contributed by atoms with van der Waals surface area (Å²) >= 11 is 5.69. The maximum atomic E-state index is 13.6. The Morgan fingerprint density at radius 1 is 1.44 bits per heavy atom. The van der Waals surface area contributed by atoms with Crippen LogP contribution < -0.4 is 5.73 Å². The van der Waals surface area contributed by atoms with Gasteiger partial charge in [0.1, 0.15) is 11.6 Å². The Balaban J connectivity index is 2.23. The van der Waals surface area contributed by atoms with Gasteiger partial charge in [0.2, 0.25) is 0 Å². The third-order valence-electron chi connectivity index (χ3n) is 2.29. The van der Waals surface area contributed by atoms with E-state index in [1.165, 1.54) is 6.07 Å². The highest BCUT2D eigenvalue weighted by Crippen LogP contribution is 2.19. The number of nitrogens with one attached hydrogen (secondary N) is 1. The van der Waals surface area contributed by atoms with Crippen LogP contribution in [0.2, 0.25) is 5.02 Å². The highest BCUT2D eigenvalue weighted by atomic mass is 35.5. The lowest BCUT2D eigenvalue weighted by Gasteiger charge is -2.02. The molecule has 0 saturated carbocycles. The number of rotatable bonds is 3. The molecule has 0 bridgehead atoms. The van der Waals surface area contributed by atoms with Crippen LogP contribution in [-0.4, -0.2) is 9.97 Å². The van der Waals surface area contributed by atoms with Gasteiger partial charge in [-0.2, -0.15) is 0 Å². The number of nitrogens with zero attached hydrogens (tertiary/aromatic N) is 1. The van der Waals surface area contributed by atoms with Crippen molar-refractivity contribution < 1.29 is 4.39 Å². The van der Waals surface area contributed by atoms with Crippen molar-refractivity contribution in [2.75, 3.05) is 0 Å². The third kappa shape index (κ3) is 2.23. The van der Waals surface area contributed by atoms with Crippen LogP contribution in [0.4, 0.5) is 4.39 Å². The van der Waals surface area contributed by atoms with Gasteiger partial charge in [-0.3, -0.25) is 0 Å². The van der Waals surface area contributed by atoms with Crippen LogP contribution in [0.15, 0.2) is 24.4 Å². The smallest absolute Gasteiger partial charge is 0.145 e. The van der Waals surface area contributed by atoms with E-state index in [1.54, 1.807) is 18.3 Å². The Labute approximate surface area is 97.5 Å². The van der Waals surface area contributed by atoms with Gasteiger partial charge in [-0.25, -0.2) is 9.37 Å². The highest BCUT2D eigenvalue weighted by Gasteiger charge is 2.08. The van der Waals surface area contributed by atoms with Gasteiger partial charge in [0.05, 0.1) is 5.02 Å². The van der Waals surface area contributed by atoms with Crippen molar-refractivity contribution in [3.05, 3.63) is 52.3 Å². The predicted octanol–water partition coefficient (Wildman–Crippen LogP) is 2.25. The summed E-state index contributed by atoms with van der Waals surface area (Å²) in [6.45, 7) is 0.394. The quantitative estimate of drug-likeness (QED) is 0.863. The van der Waals surface area contributed by atoms with Gasteiger partial charge in [0, 0.05) is 24.9 Å². The summed E-state index contributed by atoms with van der Waals surface area (Å²) in [6, 6.07) is 4.92. The van der Waals surface area contributed by atoms with E-state index in [0.29, 0.717) is 24.4 Å². The summed E-state index contributed by atoms with van der Waals surface area (Å²) in [7, 11) is 0. The lowest BCUT2D eigenvalue weighted by molar-refractivity contribution is 0.613. The number of hydrogen-bond donors (Lipinski definition) is 2. The molecule has 0 unspecified atom stereocenters. The van der Waals surface area contributed by atoms with Crippen LogP contribution in [0.3, 0.4) is 0 Å². The topological polar surface area (TPSA) is 54.7 Å². The van der Waals surface area contributed by atoms with Crippen LogP contribution in [0.5, 0.6) is 0 Å². The molecular formula is C11H11ClFN3. The highest BCUT2D eigenvalue weighted by molar-refractivity contribution is 6.30. The van der Waals surface area contributed by atoms with E-state index in [9.17, 15) is 4.39 Å². The first-order chi connectivity index (χ1) is 7.70. The molecule has 0 fully saturated rings. The van der Waals surface area contributed by atoms with Crippen molar-refractivity contribution in [2.45, 2.75) is 13.0 Å². The molecule has 2 rings (SSSR count). The van der Waals surface area contributed by atoms with Crippen LogP contribution in [0.25, 0.3) is 0 Å². The normalized spacial score (nSPS) is 10.7. The third-order valence-corrected chi connectivity index (χ3v) is 2.58. The van der Waals surface area contributed by atoms with Gasteiger partial charge in [-0.15, -0.1) is 0 Å². The molecule has 5 heteroatoms. The molecule has 2 aromatic rings. The average Bonchev–Trinajstić information content (AvgIpc) is 2.73. The maximum absolute atomic E-state index is 13.6. The summed E-state index contributed by atoms with van der Waals surface area (Å²) in [5.74, 6) is 0.288. The summed E-state index contributed by atoms with van der Waals surface area (Å²) in [5.41, 5.74) is 6.79. The van der Waals surface area contributed by atoms with E-state index < -0.39 is 5.82 Å². The number of aromatic amines is 1.